The van der Waals surface area contributed by atoms with Crippen LogP contribution in [0.25, 0.3) is 10.9 Å². The van der Waals surface area contributed by atoms with E-state index in [1.807, 2.05) is 14.1 Å². The van der Waals surface area contributed by atoms with Crippen LogP contribution >= 0.6 is 11.6 Å². The van der Waals surface area contributed by atoms with Crippen LogP contribution in [-0.4, -0.2) is 57.1 Å². The van der Waals surface area contributed by atoms with Gasteiger partial charge in [-0.15, -0.1) is 0 Å². The van der Waals surface area contributed by atoms with Crippen molar-refractivity contribution >= 4 is 51.3 Å². The van der Waals surface area contributed by atoms with Gasteiger partial charge in [0.1, 0.15) is 24.2 Å². The Morgan fingerprint density at radius 3 is 2.74 bits per heavy atom. The Kier molecular flexibility index (Phi) is 9.23. The number of nitro groups is 1. The zero-order valence-corrected chi connectivity index (χ0v) is 24.6. The number of hydrogen-bond donors (Lipinski definition) is 2. The summed E-state index contributed by atoms with van der Waals surface area (Å²) in [6.45, 7) is 2.85. The number of halogens is 2. The van der Waals surface area contributed by atoms with Crippen molar-refractivity contribution in [3.8, 4) is 11.8 Å². The Labute approximate surface area is 251 Å². The molecule has 12 nitrogen and oxygen atoms in total. The minimum atomic E-state index is -0.577. The highest BCUT2D eigenvalue weighted by Gasteiger charge is 2.27. The van der Waals surface area contributed by atoms with E-state index in [2.05, 4.69) is 26.7 Å². The number of imidazole rings is 1. The summed E-state index contributed by atoms with van der Waals surface area (Å²) >= 11 is 5.95. The first-order chi connectivity index (χ1) is 20.4. The molecule has 2 heterocycles. The average Bonchev–Trinajstić information content (AvgIpc) is 3.30. The van der Waals surface area contributed by atoms with E-state index in [1.165, 1.54) is 36.8 Å². The number of carbonyl (C=O) groups is 1. The lowest BCUT2D eigenvalue weighted by Crippen LogP contribution is -2.39. The summed E-state index contributed by atoms with van der Waals surface area (Å²) in [4.78, 5) is 32.0. The largest absolute Gasteiger partial charge is 0.492 e. The van der Waals surface area contributed by atoms with E-state index in [0.29, 0.717) is 63.6 Å². The molecule has 222 valence electrons. The number of rotatable bonds is 11. The highest BCUT2D eigenvalue weighted by molar-refractivity contribution is 6.31. The van der Waals surface area contributed by atoms with Crippen molar-refractivity contribution in [3.05, 3.63) is 87.2 Å². The number of aromatic nitrogens is 3. The Hall–Kier alpha value is -5.06. The molecule has 0 aliphatic heterocycles. The van der Waals surface area contributed by atoms with Crippen LogP contribution in [0.2, 0.25) is 5.02 Å². The van der Waals surface area contributed by atoms with Gasteiger partial charge in [-0.25, -0.2) is 4.39 Å². The fraction of sp³-hybridized carbons (Fsp3) is 0.241. The zero-order chi connectivity index (χ0) is 31.3. The number of pyridine rings is 1. The molecule has 0 atom stereocenters. The molecule has 2 aromatic heterocycles. The fourth-order valence-corrected chi connectivity index (χ4v) is 4.58. The van der Waals surface area contributed by atoms with Gasteiger partial charge in [-0.3, -0.25) is 9.78 Å². The molecule has 14 heteroatoms. The van der Waals surface area contributed by atoms with E-state index in [0.717, 1.165) is 0 Å². The molecule has 0 saturated heterocycles. The standard InChI is InChI=1S/C29H28ClFN8O4/c1-5-43-26-13-23-20(28(18(14-32)15-33-23)35-19-8-9-22(31)21(30)11-19)12-24(26)36-27(40)7-6-10-39(3,4)16-25-29(38(41)42)34-17-37(25)2/h6-9,11-13,15,17H,5,10,16H2,1-4H3,(H-,33,35,36,40)/p+1. The maximum atomic E-state index is 13.7. The number of hydrogen-bond acceptors (Lipinski definition) is 8. The summed E-state index contributed by atoms with van der Waals surface area (Å²) in [5.41, 5.74) is 2.39. The van der Waals surface area contributed by atoms with Crippen LogP contribution in [-0.2, 0) is 18.4 Å². The smallest absolute Gasteiger partial charge is 0.390 e. The summed E-state index contributed by atoms with van der Waals surface area (Å²) in [7, 11) is 5.47. The molecule has 0 fully saturated rings. The highest BCUT2D eigenvalue weighted by Crippen LogP contribution is 2.36. The predicted octanol–water partition coefficient (Wildman–Crippen LogP) is 5.45. The number of ether oxygens (including phenoxy) is 1. The summed E-state index contributed by atoms with van der Waals surface area (Å²) in [6.07, 6.45) is 5.87. The summed E-state index contributed by atoms with van der Waals surface area (Å²) in [5.74, 6) is -0.826. The number of fused-ring (bicyclic) bond motifs is 1. The number of quaternary nitrogens is 1. The number of carbonyl (C=O) groups excluding carboxylic acids is 1. The molecule has 1 amide bonds. The second kappa shape index (κ2) is 12.8. The minimum Gasteiger partial charge on any atom is -0.492 e. The van der Waals surface area contributed by atoms with E-state index in [4.69, 9.17) is 16.3 Å². The third-order valence-corrected chi connectivity index (χ3v) is 6.78. The molecule has 2 N–H and O–H groups in total. The average molecular weight is 608 g/mol. The number of aryl methyl sites for hydroxylation is 1. The molecule has 2 aromatic carbocycles. The van der Waals surface area contributed by atoms with Gasteiger partial charge in [-0.1, -0.05) is 11.6 Å². The summed E-state index contributed by atoms with van der Waals surface area (Å²) in [5, 5.41) is 27.5. The van der Waals surface area contributed by atoms with Gasteiger partial charge in [-0.05, 0) is 47.2 Å². The van der Waals surface area contributed by atoms with Crippen molar-refractivity contribution < 1.29 is 23.3 Å². The summed E-state index contributed by atoms with van der Waals surface area (Å²) < 4.78 is 21.4. The number of benzene rings is 2. The zero-order valence-electron chi connectivity index (χ0n) is 23.9. The third kappa shape index (κ3) is 7.24. The number of anilines is 3. The van der Waals surface area contributed by atoms with Crippen molar-refractivity contribution in [2.75, 3.05) is 37.9 Å². The Morgan fingerprint density at radius 2 is 2.07 bits per heavy atom. The van der Waals surface area contributed by atoms with Crippen LogP contribution in [0.1, 0.15) is 18.2 Å². The topological polar surface area (TPSA) is 148 Å². The molecule has 4 rings (SSSR count). The first kappa shape index (κ1) is 30.9. The van der Waals surface area contributed by atoms with Crippen LogP contribution in [0.5, 0.6) is 5.75 Å². The van der Waals surface area contributed by atoms with Crippen molar-refractivity contribution in [1.82, 2.24) is 14.5 Å². The Balaban J connectivity index is 1.59. The molecular formula is C29H29ClFN8O4+. The van der Waals surface area contributed by atoms with E-state index in [9.17, 15) is 24.6 Å². The van der Waals surface area contributed by atoms with Crippen LogP contribution in [0.3, 0.4) is 0 Å². The lowest BCUT2D eigenvalue weighted by atomic mass is 10.1. The molecule has 0 bridgehead atoms. The molecule has 0 radical (unpaired) electrons. The maximum Gasteiger partial charge on any atom is 0.390 e. The monoisotopic (exact) mass is 607 g/mol. The number of nitrogens with one attached hydrogen (secondary N) is 2. The van der Waals surface area contributed by atoms with E-state index in [1.54, 1.807) is 36.7 Å². The number of likely N-dealkylation sites (N-methyl/N-ethyl adjacent to an activating group) is 1. The fourth-order valence-electron chi connectivity index (χ4n) is 4.40. The third-order valence-electron chi connectivity index (χ3n) is 6.49. The van der Waals surface area contributed by atoms with E-state index < -0.39 is 16.6 Å². The van der Waals surface area contributed by atoms with Gasteiger partial charge in [0, 0.05) is 36.5 Å². The Bertz CT molecular complexity index is 1780. The lowest BCUT2D eigenvalue weighted by molar-refractivity contribution is -0.898. The van der Waals surface area contributed by atoms with Crippen molar-refractivity contribution in [3.63, 3.8) is 0 Å². The normalized spacial score (nSPS) is 11.5. The minimum absolute atomic E-state index is 0.0828. The van der Waals surface area contributed by atoms with Crippen LogP contribution in [0.4, 0.5) is 27.3 Å². The molecule has 0 saturated carbocycles. The van der Waals surface area contributed by atoms with Gasteiger partial charge < -0.3 is 34.5 Å². The van der Waals surface area contributed by atoms with Gasteiger partial charge in [0.05, 0.1) is 54.7 Å². The molecule has 0 aliphatic rings. The van der Waals surface area contributed by atoms with Crippen LogP contribution in [0, 0.1) is 27.3 Å². The first-order valence-corrected chi connectivity index (χ1v) is 13.5. The quantitative estimate of drug-likeness (QED) is 0.0989. The van der Waals surface area contributed by atoms with Crippen molar-refractivity contribution in [2.45, 2.75) is 13.5 Å². The molecule has 43 heavy (non-hydrogen) atoms. The molecule has 0 aliphatic carbocycles. The molecular weight excluding hydrogens is 579 g/mol. The second-order valence-electron chi connectivity index (χ2n) is 10.3. The second-order valence-corrected chi connectivity index (χ2v) is 10.7. The highest BCUT2D eigenvalue weighted by atomic mass is 35.5. The van der Waals surface area contributed by atoms with Gasteiger partial charge in [-0.2, -0.15) is 5.26 Å². The van der Waals surface area contributed by atoms with Crippen LogP contribution < -0.4 is 15.4 Å². The van der Waals surface area contributed by atoms with Gasteiger partial charge in [0.2, 0.25) is 12.2 Å². The molecule has 4 aromatic rings. The SMILES string of the molecule is CCOc1cc2ncc(C#N)c(Nc3ccc(F)c(Cl)c3)c2cc1NC(=O)C=CC[N+](C)(C)Cc1c([N+](=O)[O-])ncn1C. The van der Waals surface area contributed by atoms with E-state index >= 15 is 0 Å². The number of nitrogens with zero attached hydrogens (tertiary/aromatic N) is 6. The van der Waals surface area contributed by atoms with Gasteiger partial charge in [0.25, 0.3) is 0 Å². The number of nitriles is 1. The van der Waals surface area contributed by atoms with Crippen LogP contribution in [0.15, 0.2) is 55.0 Å². The first-order valence-electron chi connectivity index (χ1n) is 13.1. The predicted molar refractivity (Wildman–Crippen MR) is 161 cm³/mol. The number of amides is 1. The summed E-state index contributed by atoms with van der Waals surface area (Å²) in [6, 6.07) is 9.50. The van der Waals surface area contributed by atoms with Crippen molar-refractivity contribution in [1.29, 1.82) is 5.26 Å². The van der Waals surface area contributed by atoms with Gasteiger partial charge in [0.15, 0.2) is 5.69 Å². The molecule has 0 unspecified atom stereocenters. The van der Waals surface area contributed by atoms with Crippen molar-refractivity contribution in [2.24, 2.45) is 7.05 Å². The van der Waals surface area contributed by atoms with E-state index in [-0.39, 0.29) is 16.4 Å². The lowest BCUT2D eigenvalue weighted by Gasteiger charge is -2.28. The van der Waals surface area contributed by atoms with Gasteiger partial charge >= 0.3 is 5.82 Å². The molecule has 0 spiro atoms. The Morgan fingerprint density at radius 1 is 1.30 bits per heavy atom. The maximum absolute atomic E-state index is 13.7.